The van der Waals surface area contributed by atoms with Gasteiger partial charge < -0.3 is 9.88 Å². The summed E-state index contributed by atoms with van der Waals surface area (Å²) in [4.78, 5) is 4.37. The standard InChI is InChI=1S/C14H19N3/c1-3-9-17-10-8-15-14(17)11-16-13-6-4-12(2)5-7-13/h4-8,10,16H,3,9,11H2,1-2H3. The Bertz CT molecular complexity index is 457. The first kappa shape index (κ1) is 11.7. The van der Waals surface area contributed by atoms with Crippen LogP contribution in [0.25, 0.3) is 0 Å². The third-order valence-corrected chi connectivity index (χ3v) is 2.77. The highest BCUT2D eigenvalue weighted by Crippen LogP contribution is 2.10. The molecule has 0 radical (unpaired) electrons. The van der Waals surface area contributed by atoms with Crippen LogP contribution in [0.4, 0.5) is 5.69 Å². The van der Waals surface area contributed by atoms with Crippen LogP contribution in [0.5, 0.6) is 0 Å². The molecule has 90 valence electrons. The van der Waals surface area contributed by atoms with Gasteiger partial charge in [-0.1, -0.05) is 24.6 Å². The van der Waals surface area contributed by atoms with E-state index in [0.29, 0.717) is 0 Å². The van der Waals surface area contributed by atoms with Crippen molar-refractivity contribution in [2.45, 2.75) is 33.4 Å². The van der Waals surface area contributed by atoms with Crippen molar-refractivity contribution in [1.82, 2.24) is 9.55 Å². The highest BCUT2D eigenvalue weighted by molar-refractivity contribution is 5.44. The van der Waals surface area contributed by atoms with Gasteiger partial charge in [0.25, 0.3) is 0 Å². The normalized spacial score (nSPS) is 10.5. The summed E-state index contributed by atoms with van der Waals surface area (Å²) in [6.45, 7) is 6.08. The molecule has 3 nitrogen and oxygen atoms in total. The lowest BCUT2D eigenvalue weighted by Crippen LogP contribution is -2.08. The van der Waals surface area contributed by atoms with Gasteiger partial charge >= 0.3 is 0 Å². The summed E-state index contributed by atoms with van der Waals surface area (Å²) in [6, 6.07) is 8.42. The van der Waals surface area contributed by atoms with Gasteiger partial charge in [-0.15, -0.1) is 0 Å². The molecule has 0 aliphatic rings. The molecule has 17 heavy (non-hydrogen) atoms. The highest BCUT2D eigenvalue weighted by Gasteiger charge is 2.01. The van der Waals surface area contributed by atoms with Crippen LogP contribution in [0.15, 0.2) is 36.7 Å². The van der Waals surface area contributed by atoms with Crippen LogP contribution >= 0.6 is 0 Å². The van der Waals surface area contributed by atoms with E-state index in [0.717, 1.165) is 31.0 Å². The topological polar surface area (TPSA) is 29.9 Å². The maximum absolute atomic E-state index is 4.37. The van der Waals surface area contributed by atoms with Crippen molar-refractivity contribution in [3.05, 3.63) is 48.0 Å². The molecule has 1 aromatic carbocycles. The van der Waals surface area contributed by atoms with Crippen LogP contribution in [0.1, 0.15) is 24.7 Å². The smallest absolute Gasteiger partial charge is 0.128 e. The second kappa shape index (κ2) is 5.53. The number of hydrogen-bond donors (Lipinski definition) is 1. The monoisotopic (exact) mass is 229 g/mol. The summed E-state index contributed by atoms with van der Waals surface area (Å²) in [5.74, 6) is 1.09. The van der Waals surface area contributed by atoms with E-state index >= 15 is 0 Å². The lowest BCUT2D eigenvalue weighted by molar-refractivity contribution is 0.644. The molecule has 1 aromatic heterocycles. The Morgan fingerprint density at radius 1 is 1.24 bits per heavy atom. The molecule has 2 rings (SSSR count). The predicted molar refractivity (Wildman–Crippen MR) is 71.0 cm³/mol. The van der Waals surface area contributed by atoms with E-state index in [1.807, 2.05) is 12.4 Å². The average molecular weight is 229 g/mol. The molecule has 0 fully saturated rings. The van der Waals surface area contributed by atoms with Crippen molar-refractivity contribution in [3.63, 3.8) is 0 Å². The molecule has 0 spiro atoms. The van der Waals surface area contributed by atoms with Crippen molar-refractivity contribution in [1.29, 1.82) is 0 Å². The lowest BCUT2D eigenvalue weighted by atomic mass is 10.2. The molecule has 0 atom stereocenters. The van der Waals surface area contributed by atoms with E-state index in [-0.39, 0.29) is 0 Å². The minimum atomic E-state index is 0.774. The van der Waals surface area contributed by atoms with E-state index < -0.39 is 0 Å². The second-order valence-electron chi connectivity index (χ2n) is 4.26. The molecule has 0 unspecified atom stereocenters. The molecule has 1 N–H and O–H groups in total. The number of benzene rings is 1. The maximum atomic E-state index is 4.37. The van der Waals surface area contributed by atoms with Gasteiger partial charge in [0.2, 0.25) is 0 Å². The number of hydrogen-bond acceptors (Lipinski definition) is 2. The largest absolute Gasteiger partial charge is 0.378 e. The number of aryl methyl sites for hydroxylation is 2. The molecular weight excluding hydrogens is 210 g/mol. The first-order valence-corrected chi connectivity index (χ1v) is 6.10. The summed E-state index contributed by atoms with van der Waals surface area (Å²) in [5, 5.41) is 3.39. The van der Waals surface area contributed by atoms with Crippen molar-refractivity contribution >= 4 is 5.69 Å². The molecule has 0 bridgehead atoms. The second-order valence-corrected chi connectivity index (χ2v) is 4.26. The van der Waals surface area contributed by atoms with Gasteiger partial charge in [0, 0.05) is 24.6 Å². The minimum absolute atomic E-state index is 0.774. The summed E-state index contributed by atoms with van der Waals surface area (Å²) in [6.07, 6.45) is 5.03. The van der Waals surface area contributed by atoms with Crippen LogP contribution in [-0.4, -0.2) is 9.55 Å². The van der Waals surface area contributed by atoms with Crippen LogP contribution < -0.4 is 5.32 Å². The molecule has 0 amide bonds. The minimum Gasteiger partial charge on any atom is -0.378 e. The predicted octanol–water partition coefficient (Wildman–Crippen LogP) is 3.21. The molecule has 0 aliphatic carbocycles. The molecule has 0 aliphatic heterocycles. The quantitative estimate of drug-likeness (QED) is 0.853. The fourth-order valence-corrected chi connectivity index (χ4v) is 1.80. The van der Waals surface area contributed by atoms with Gasteiger partial charge in [-0.3, -0.25) is 0 Å². The average Bonchev–Trinajstić information content (AvgIpc) is 2.77. The Morgan fingerprint density at radius 2 is 2.00 bits per heavy atom. The third kappa shape index (κ3) is 3.09. The van der Waals surface area contributed by atoms with Gasteiger partial charge in [-0.25, -0.2) is 4.98 Å². The first-order valence-electron chi connectivity index (χ1n) is 6.10. The van der Waals surface area contributed by atoms with Crippen LogP contribution in [0, 0.1) is 6.92 Å². The summed E-state index contributed by atoms with van der Waals surface area (Å²) >= 11 is 0. The van der Waals surface area contributed by atoms with Crippen molar-refractivity contribution in [2.75, 3.05) is 5.32 Å². The molecule has 0 saturated heterocycles. The fraction of sp³-hybridized carbons (Fsp3) is 0.357. The number of nitrogens with zero attached hydrogens (tertiary/aromatic N) is 2. The Hall–Kier alpha value is -1.77. The Kier molecular flexibility index (Phi) is 3.81. The lowest BCUT2D eigenvalue weighted by Gasteiger charge is -2.09. The Balaban J connectivity index is 1.97. The molecule has 3 heteroatoms. The number of rotatable bonds is 5. The maximum Gasteiger partial charge on any atom is 0.128 e. The summed E-state index contributed by atoms with van der Waals surface area (Å²) < 4.78 is 2.20. The zero-order chi connectivity index (χ0) is 12.1. The van der Waals surface area contributed by atoms with E-state index in [1.165, 1.54) is 5.56 Å². The van der Waals surface area contributed by atoms with E-state index in [2.05, 4.69) is 53.0 Å². The van der Waals surface area contributed by atoms with Crippen LogP contribution in [0.2, 0.25) is 0 Å². The summed E-state index contributed by atoms with van der Waals surface area (Å²) in [5.41, 5.74) is 2.42. The SMILES string of the molecule is CCCn1ccnc1CNc1ccc(C)cc1. The van der Waals surface area contributed by atoms with E-state index in [4.69, 9.17) is 0 Å². The molecule has 2 aromatic rings. The van der Waals surface area contributed by atoms with E-state index in [1.54, 1.807) is 0 Å². The van der Waals surface area contributed by atoms with Crippen molar-refractivity contribution in [3.8, 4) is 0 Å². The van der Waals surface area contributed by atoms with Gasteiger partial charge in [0.05, 0.1) is 6.54 Å². The zero-order valence-electron chi connectivity index (χ0n) is 10.5. The summed E-state index contributed by atoms with van der Waals surface area (Å²) in [7, 11) is 0. The number of nitrogens with one attached hydrogen (secondary N) is 1. The molecular formula is C14H19N3. The third-order valence-electron chi connectivity index (χ3n) is 2.77. The zero-order valence-corrected chi connectivity index (χ0v) is 10.5. The van der Waals surface area contributed by atoms with Crippen molar-refractivity contribution in [2.24, 2.45) is 0 Å². The van der Waals surface area contributed by atoms with Gasteiger partial charge in [0.15, 0.2) is 0 Å². The van der Waals surface area contributed by atoms with Gasteiger partial charge in [0.1, 0.15) is 5.82 Å². The number of anilines is 1. The molecule has 0 saturated carbocycles. The van der Waals surface area contributed by atoms with Gasteiger partial charge in [-0.2, -0.15) is 0 Å². The molecule has 1 heterocycles. The van der Waals surface area contributed by atoms with Gasteiger partial charge in [-0.05, 0) is 25.5 Å². The highest BCUT2D eigenvalue weighted by atomic mass is 15.1. The Labute approximate surface area is 103 Å². The van der Waals surface area contributed by atoms with Crippen LogP contribution in [-0.2, 0) is 13.1 Å². The number of imidazole rings is 1. The van der Waals surface area contributed by atoms with Crippen LogP contribution in [0.3, 0.4) is 0 Å². The van der Waals surface area contributed by atoms with E-state index in [9.17, 15) is 0 Å². The van der Waals surface area contributed by atoms with Crippen molar-refractivity contribution < 1.29 is 0 Å². The number of aromatic nitrogens is 2. The fourth-order valence-electron chi connectivity index (χ4n) is 1.80. The first-order chi connectivity index (χ1) is 8.29. The Morgan fingerprint density at radius 3 is 2.71 bits per heavy atom.